The lowest BCUT2D eigenvalue weighted by molar-refractivity contribution is -0.0980. The third-order valence-electron chi connectivity index (χ3n) is 15.1. The topological polar surface area (TPSA) is 160 Å². The molecule has 0 spiro atoms. The van der Waals surface area contributed by atoms with Gasteiger partial charge in [-0.25, -0.2) is 14.0 Å². The summed E-state index contributed by atoms with van der Waals surface area (Å²) < 4.78 is 15.8. The maximum atomic E-state index is 13.2. The van der Waals surface area contributed by atoms with Gasteiger partial charge in [-0.15, -0.1) is 0 Å². The first-order valence-corrected chi connectivity index (χ1v) is 28.6. The van der Waals surface area contributed by atoms with E-state index in [1.54, 1.807) is 28.3 Å². The Kier molecular flexibility index (Phi) is 19.9. The molecule has 0 atom stereocenters. The number of rotatable bonds is 11. The summed E-state index contributed by atoms with van der Waals surface area (Å²) in [4.78, 5) is 60.2. The monoisotopic (exact) mass is 1140 g/mol. The molecule has 0 unspecified atom stereocenters. The van der Waals surface area contributed by atoms with Crippen LogP contribution in [0.2, 0.25) is 0 Å². The number of aromatic nitrogens is 6. The molecule has 18 heteroatoms. The highest BCUT2D eigenvalue weighted by Gasteiger charge is 2.29. The summed E-state index contributed by atoms with van der Waals surface area (Å²) in [5, 5.41) is 13.6. The zero-order valence-corrected chi connectivity index (χ0v) is 49.3. The molecule has 3 aliphatic heterocycles. The molecule has 85 heavy (non-hydrogen) atoms. The molecule has 0 aliphatic carbocycles. The summed E-state index contributed by atoms with van der Waals surface area (Å²) in [5.74, 6) is 1.79. The van der Waals surface area contributed by atoms with E-state index < -0.39 is 0 Å². The average Bonchev–Trinajstić information content (AvgIpc) is 4.29. The molecule has 0 bridgehead atoms. The normalized spacial score (nSPS) is 14.0. The van der Waals surface area contributed by atoms with Gasteiger partial charge in [0.15, 0.2) is 0 Å². The van der Waals surface area contributed by atoms with Gasteiger partial charge in [-0.05, 0) is 136 Å². The maximum absolute atomic E-state index is 13.2. The van der Waals surface area contributed by atoms with Crippen molar-refractivity contribution < 1.29 is 28.7 Å². The zero-order valence-electron chi connectivity index (χ0n) is 49.3. The SMILES string of the molecule is C=O.COc1ccc(N2CCN(C(=O)c3cc(C)nn3-c3ccccc3)CC2)cc1.COc1cccc(N2CCN(C(=O)c3cc(C)nn3-c3ccccc3)CC2)c1.Cc1cccc(N2CCN(C(=O)c3cc(C)nn3-c3ccccc3)CC2)c1. The Morgan fingerprint density at radius 3 is 1.00 bits per heavy atom. The minimum Gasteiger partial charge on any atom is -0.497 e. The van der Waals surface area contributed by atoms with Gasteiger partial charge in [0.1, 0.15) is 35.4 Å². The first-order valence-electron chi connectivity index (χ1n) is 28.6. The number of aryl methyl sites for hydroxylation is 4. The van der Waals surface area contributed by atoms with Crippen molar-refractivity contribution in [3.63, 3.8) is 0 Å². The van der Waals surface area contributed by atoms with Crippen molar-refractivity contribution in [1.82, 2.24) is 44.0 Å². The van der Waals surface area contributed by atoms with E-state index in [0.29, 0.717) is 56.4 Å². The fraction of sp³-hybridized carbons (Fsp3) is 0.269. The van der Waals surface area contributed by atoms with Crippen LogP contribution in [-0.4, -0.2) is 161 Å². The van der Waals surface area contributed by atoms with Crippen LogP contribution < -0.4 is 24.2 Å². The molecule has 0 N–H and O–H groups in total. The Morgan fingerprint density at radius 2 is 0.659 bits per heavy atom. The van der Waals surface area contributed by atoms with Gasteiger partial charge >= 0.3 is 0 Å². The molecule has 12 rings (SSSR count). The third kappa shape index (κ3) is 14.6. The number of benzene rings is 6. The number of hydrogen-bond acceptors (Lipinski definition) is 12. The van der Waals surface area contributed by atoms with Crippen molar-refractivity contribution in [3.8, 4) is 28.6 Å². The largest absolute Gasteiger partial charge is 0.497 e. The van der Waals surface area contributed by atoms with Crippen LogP contribution in [0.5, 0.6) is 11.5 Å². The quantitative estimate of drug-likeness (QED) is 0.121. The predicted octanol–water partition coefficient (Wildman–Crippen LogP) is 9.57. The second-order valence-electron chi connectivity index (χ2n) is 20.8. The highest BCUT2D eigenvalue weighted by molar-refractivity contribution is 5.95. The van der Waals surface area contributed by atoms with Crippen molar-refractivity contribution in [2.24, 2.45) is 0 Å². The van der Waals surface area contributed by atoms with Crippen LogP contribution in [-0.2, 0) is 4.79 Å². The molecule has 0 radical (unpaired) electrons. The second kappa shape index (κ2) is 28.3. The van der Waals surface area contributed by atoms with Gasteiger partial charge in [0.2, 0.25) is 0 Å². The Hall–Kier alpha value is -9.97. The van der Waals surface area contributed by atoms with Gasteiger partial charge in [-0.1, -0.05) is 72.8 Å². The van der Waals surface area contributed by atoms with Gasteiger partial charge in [0, 0.05) is 102 Å². The van der Waals surface area contributed by atoms with Crippen molar-refractivity contribution in [2.75, 3.05) is 107 Å². The smallest absolute Gasteiger partial charge is 0.272 e. The molecular weight excluding hydrogens is 1070 g/mol. The van der Waals surface area contributed by atoms with Gasteiger partial charge in [-0.3, -0.25) is 14.4 Å². The van der Waals surface area contributed by atoms with E-state index in [1.165, 1.54) is 11.3 Å². The molecule has 3 aliphatic rings. The molecule has 3 amide bonds. The Labute approximate surface area is 497 Å². The van der Waals surface area contributed by atoms with E-state index in [4.69, 9.17) is 14.3 Å². The fourth-order valence-electron chi connectivity index (χ4n) is 10.7. The number of amides is 3. The maximum Gasteiger partial charge on any atom is 0.272 e. The van der Waals surface area contributed by atoms with Crippen LogP contribution >= 0.6 is 0 Å². The number of carbonyl (C=O) groups is 4. The molecule has 6 heterocycles. The molecule has 3 aromatic heterocycles. The standard InChI is InChI=1S/2C22H24N4O2.C22H24N4O.CH2O/c1-17-15-21(26(23-17)18-7-4-3-5-8-18)22(27)25-13-11-24(12-14-25)19-9-6-10-20(16-19)28-2;1-17-16-21(26(23-17)19-6-4-3-5-7-19)22(27)25-14-12-24(13-15-25)18-8-10-20(28-2)11-9-18;1-17-7-6-10-20(15-17)24-11-13-25(14-12-24)22(27)21-16-18(2)23-26(21)19-8-4-3-5-9-19;1-2/h3-10,15-16H,11-14H2,1-2H3;3-11,16H,12-15H2,1-2H3;3-10,15-16H,11-14H2,1-2H3;1H2. The fourth-order valence-corrected chi connectivity index (χ4v) is 10.7. The van der Waals surface area contributed by atoms with Crippen LogP contribution in [0, 0.1) is 27.7 Å². The molecule has 9 aromatic rings. The van der Waals surface area contributed by atoms with Gasteiger partial charge in [0.25, 0.3) is 17.7 Å². The number of methoxy groups -OCH3 is 2. The molecule has 3 fully saturated rings. The van der Waals surface area contributed by atoms with Crippen molar-refractivity contribution >= 4 is 41.6 Å². The minimum absolute atomic E-state index is 0.0229. The summed E-state index contributed by atoms with van der Waals surface area (Å²) in [6.45, 7) is 18.9. The summed E-state index contributed by atoms with van der Waals surface area (Å²) >= 11 is 0. The molecule has 438 valence electrons. The number of ether oxygens (including phenoxy) is 2. The van der Waals surface area contributed by atoms with Crippen molar-refractivity contribution in [3.05, 3.63) is 222 Å². The number of nitrogens with zero attached hydrogens (tertiary/aromatic N) is 12. The first-order chi connectivity index (χ1) is 41.4. The molecule has 0 saturated carbocycles. The lowest BCUT2D eigenvalue weighted by atomic mass is 10.2. The Bertz CT molecular complexity index is 3620. The lowest BCUT2D eigenvalue weighted by Gasteiger charge is -2.36. The average molecular weight is 1140 g/mol. The number of piperazine rings is 3. The van der Waals surface area contributed by atoms with Crippen molar-refractivity contribution in [2.45, 2.75) is 27.7 Å². The van der Waals surface area contributed by atoms with E-state index >= 15 is 0 Å². The Morgan fingerprint density at radius 1 is 0.341 bits per heavy atom. The highest BCUT2D eigenvalue weighted by Crippen LogP contribution is 2.26. The van der Waals surface area contributed by atoms with E-state index in [2.05, 4.69) is 79.4 Å². The summed E-state index contributed by atoms with van der Waals surface area (Å²) in [6.07, 6.45) is 0. The van der Waals surface area contributed by atoms with Crippen LogP contribution in [0.4, 0.5) is 17.1 Å². The zero-order chi connectivity index (χ0) is 59.8. The second-order valence-corrected chi connectivity index (χ2v) is 20.8. The molecule has 6 aromatic carbocycles. The number of para-hydroxylation sites is 3. The minimum atomic E-state index is 0.0229. The van der Waals surface area contributed by atoms with Gasteiger partial charge < -0.3 is 43.7 Å². The summed E-state index contributed by atoms with van der Waals surface area (Å²) in [6, 6.07) is 59.6. The van der Waals surface area contributed by atoms with Crippen LogP contribution in [0.3, 0.4) is 0 Å². The van der Waals surface area contributed by atoms with E-state index in [9.17, 15) is 14.4 Å². The third-order valence-corrected chi connectivity index (χ3v) is 15.1. The lowest BCUT2D eigenvalue weighted by Crippen LogP contribution is -2.49. The first kappa shape index (κ1) is 59.6. The summed E-state index contributed by atoms with van der Waals surface area (Å²) in [7, 11) is 3.34. The van der Waals surface area contributed by atoms with E-state index in [-0.39, 0.29) is 17.7 Å². The van der Waals surface area contributed by atoms with Crippen molar-refractivity contribution in [1.29, 1.82) is 0 Å². The van der Waals surface area contributed by atoms with Gasteiger partial charge in [-0.2, -0.15) is 15.3 Å². The predicted molar refractivity (Wildman–Crippen MR) is 334 cm³/mol. The number of hydrogen-bond donors (Lipinski definition) is 0. The van der Waals surface area contributed by atoms with Crippen LogP contribution in [0.1, 0.15) is 54.1 Å². The van der Waals surface area contributed by atoms with Crippen LogP contribution in [0.15, 0.2) is 182 Å². The molecule has 18 nitrogen and oxygen atoms in total. The van der Waals surface area contributed by atoms with Crippen LogP contribution in [0.25, 0.3) is 17.1 Å². The Balaban J connectivity index is 0.000000150. The molecule has 3 saturated heterocycles. The van der Waals surface area contributed by atoms with E-state index in [0.717, 1.165) is 96.3 Å². The molecular formula is C67H74N12O6. The highest BCUT2D eigenvalue weighted by atomic mass is 16.5. The summed E-state index contributed by atoms with van der Waals surface area (Å²) in [5.41, 5.74) is 11.8. The van der Waals surface area contributed by atoms with E-state index in [1.807, 2.05) is 182 Å². The number of carbonyl (C=O) groups excluding carboxylic acids is 4. The van der Waals surface area contributed by atoms with Gasteiger partial charge in [0.05, 0.1) is 48.4 Å². The number of anilines is 3.